The van der Waals surface area contributed by atoms with Gasteiger partial charge < -0.3 is 0 Å². The number of hydrogen-bond donors (Lipinski definition) is 0. The molecule has 0 atom stereocenters. The molecule has 0 N–H and O–H groups in total. The SMILES string of the molecule is CC1(C)c2cc(Br)ccc2C=c2c1cc1c(c2Br)C=c2c(Br)ccc(Br)c2=1. The van der Waals surface area contributed by atoms with Crippen molar-refractivity contribution in [2.75, 3.05) is 0 Å². The zero-order valence-electron chi connectivity index (χ0n) is 14.6. The maximum Gasteiger partial charge on any atom is 0.0329 e. The lowest BCUT2D eigenvalue weighted by atomic mass is 9.72. The average Bonchev–Trinajstić information content (AvgIpc) is 3.02. The summed E-state index contributed by atoms with van der Waals surface area (Å²) >= 11 is 15.1. The van der Waals surface area contributed by atoms with E-state index in [0.29, 0.717) is 0 Å². The molecule has 0 spiro atoms. The summed E-state index contributed by atoms with van der Waals surface area (Å²) < 4.78 is 4.55. The van der Waals surface area contributed by atoms with E-state index in [9.17, 15) is 0 Å². The number of hydrogen-bond acceptors (Lipinski definition) is 0. The minimum Gasteiger partial charge on any atom is -0.0535 e. The molecule has 0 radical (unpaired) electrons. The molecular formula is C23H14Br4. The zero-order chi connectivity index (χ0) is 19.1. The second-order valence-electron chi connectivity index (χ2n) is 7.58. The molecule has 0 saturated heterocycles. The maximum atomic E-state index is 3.94. The molecule has 27 heavy (non-hydrogen) atoms. The molecule has 0 aromatic heterocycles. The van der Waals surface area contributed by atoms with Crippen LogP contribution in [0, 0.1) is 10.4 Å². The third-order valence-corrected chi connectivity index (χ3v) is 8.40. The molecule has 0 nitrogen and oxygen atoms in total. The van der Waals surface area contributed by atoms with Gasteiger partial charge >= 0.3 is 0 Å². The van der Waals surface area contributed by atoms with E-state index in [1.807, 2.05) is 0 Å². The standard InChI is InChI=1S/C23H14Br4/c1-23(2)17-8-12(24)4-3-11(17)7-15-18(23)10-13-14(22(15)27)9-16-19(25)5-6-20(26)21(13)16/h3-10H,1-2H3. The quantitative estimate of drug-likeness (QED) is 0.210. The van der Waals surface area contributed by atoms with Crippen molar-refractivity contribution in [1.29, 1.82) is 0 Å². The van der Waals surface area contributed by atoms with Gasteiger partial charge in [0.15, 0.2) is 0 Å². The van der Waals surface area contributed by atoms with Crippen LogP contribution in [-0.2, 0) is 5.41 Å². The van der Waals surface area contributed by atoms with Crippen LogP contribution in [0.2, 0.25) is 0 Å². The third-order valence-electron chi connectivity index (χ3n) is 5.70. The predicted octanol–water partition coefficient (Wildman–Crippen LogP) is 6.63. The lowest BCUT2D eigenvalue weighted by Crippen LogP contribution is -2.32. The molecule has 134 valence electrons. The van der Waals surface area contributed by atoms with Gasteiger partial charge in [-0.1, -0.05) is 67.7 Å². The lowest BCUT2D eigenvalue weighted by Gasteiger charge is -2.32. The average molecular weight is 610 g/mol. The van der Waals surface area contributed by atoms with Gasteiger partial charge in [0.1, 0.15) is 0 Å². The first-order valence-corrected chi connectivity index (χ1v) is 11.8. The summed E-state index contributed by atoms with van der Waals surface area (Å²) in [5, 5.41) is 5.06. The Morgan fingerprint density at radius 1 is 0.741 bits per heavy atom. The number of benzene rings is 3. The Morgan fingerprint density at radius 2 is 1.48 bits per heavy atom. The molecule has 0 bridgehead atoms. The summed E-state index contributed by atoms with van der Waals surface area (Å²) in [5.74, 6) is 0. The van der Waals surface area contributed by atoms with Crippen LogP contribution >= 0.6 is 63.7 Å². The lowest BCUT2D eigenvalue weighted by molar-refractivity contribution is 0.628. The van der Waals surface area contributed by atoms with Crippen LogP contribution in [0.15, 0.2) is 54.3 Å². The Labute approximate surface area is 191 Å². The van der Waals surface area contributed by atoms with Gasteiger partial charge in [-0.15, -0.1) is 0 Å². The van der Waals surface area contributed by atoms with Crippen LogP contribution < -0.4 is 10.4 Å². The fraction of sp³-hybridized carbons (Fsp3) is 0.130. The Balaban J connectivity index is 2.01. The zero-order valence-corrected chi connectivity index (χ0v) is 21.0. The second kappa shape index (κ2) is 6.16. The Kier molecular flexibility index (Phi) is 4.19. The van der Waals surface area contributed by atoms with E-state index < -0.39 is 0 Å². The van der Waals surface area contributed by atoms with Gasteiger partial charge in [-0.3, -0.25) is 0 Å². The van der Waals surface area contributed by atoms with E-state index in [1.54, 1.807) is 0 Å². The smallest absolute Gasteiger partial charge is 0.0329 e. The van der Waals surface area contributed by atoms with E-state index >= 15 is 0 Å². The molecular weight excluding hydrogens is 596 g/mol. The molecule has 0 saturated carbocycles. The summed E-state index contributed by atoms with van der Waals surface area (Å²) in [4.78, 5) is 0. The van der Waals surface area contributed by atoms with E-state index in [1.165, 1.54) is 47.6 Å². The van der Waals surface area contributed by atoms with Gasteiger partial charge in [0, 0.05) is 28.5 Å². The largest absolute Gasteiger partial charge is 0.0535 e. The van der Waals surface area contributed by atoms with E-state index in [4.69, 9.17) is 0 Å². The van der Waals surface area contributed by atoms with Crippen molar-refractivity contribution in [2.24, 2.45) is 0 Å². The normalized spacial score (nSPS) is 15.2. The highest BCUT2D eigenvalue weighted by atomic mass is 79.9. The minimum absolute atomic E-state index is 0.0814. The van der Waals surface area contributed by atoms with Crippen LogP contribution in [-0.4, -0.2) is 0 Å². The molecule has 3 aromatic rings. The fourth-order valence-corrected chi connectivity index (χ4v) is 6.33. The van der Waals surface area contributed by atoms with Crippen molar-refractivity contribution >= 4 is 75.9 Å². The van der Waals surface area contributed by atoms with Gasteiger partial charge in [-0.05, 0) is 96.3 Å². The highest BCUT2D eigenvalue weighted by molar-refractivity contribution is 9.11. The van der Waals surface area contributed by atoms with Crippen molar-refractivity contribution in [2.45, 2.75) is 19.3 Å². The highest BCUT2D eigenvalue weighted by Gasteiger charge is 2.31. The fourth-order valence-electron chi connectivity index (χ4n) is 4.31. The summed E-state index contributed by atoms with van der Waals surface area (Å²) in [5.41, 5.74) is 5.17. The van der Waals surface area contributed by atoms with Crippen LogP contribution in [0.4, 0.5) is 0 Å². The van der Waals surface area contributed by atoms with Gasteiger partial charge in [-0.2, -0.15) is 0 Å². The number of halogens is 4. The summed E-state index contributed by atoms with van der Waals surface area (Å²) in [6.07, 6.45) is 4.59. The molecule has 3 aromatic carbocycles. The first-order chi connectivity index (χ1) is 12.8. The Hall–Kier alpha value is -0.680. The molecule has 4 heteroatoms. The molecule has 2 aliphatic carbocycles. The topological polar surface area (TPSA) is 0 Å². The van der Waals surface area contributed by atoms with Crippen LogP contribution in [0.25, 0.3) is 12.2 Å². The van der Waals surface area contributed by atoms with Crippen molar-refractivity contribution in [3.05, 3.63) is 97.4 Å². The summed E-state index contributed by atoms with van der Waals surface area (Å²) in [6, 6.07) is 13.2. The van der Waals surface area contributed by atoms with Gasteiger partial charge in [0.2, 0.25) is 0 Å². The van der Waals surface area contributed by atoms with Crippen molar-refractivity contribution in [3.63, 3.8) is 0 Å². The maximum absolute atomic E-state index is 3.94. The van der Waals surface area contributed by atoms with Gasteiger partial charge in [-0.25, -0.2) is 0 Å². The first kappa shape index (κ1) is 18.4. The Morgan fingerprint density at radius 3 is 2.26 bits per heavy atom. The summed E-state index contributed by atoms with van der Waals surface area (Å²) in [7, 11) is 0. The van der Waals surface area contributed by atoms with Crippen LogP contribution in [0.5, 0.6) is 0 Å². The van der Waals surface area contributed by atoms with Crippen molar-refractivity contribution in [3.8, 4) is 0 Å². The number of fused-ring (bicyclic) bond motifs is 4. The summed E-state index contributed by atoms with van der Waals surface area (Å²) in [6.45, 7) is 4.64. The first-order valence-electron chi connectivity index (χ1n) is 8.64. The van der Waals surface area contributed by atoms with Crippen LogP contribution in [0.1, 0.15) is 36.1 Å². The van der Waals surface area contributed by atoms with E-state index in [2.05, 4.69) is 126 Å². The van der Waals surface area contributed by atoms with Gasteiger partial charge in [0.25, 0.3) is 0 Å². The molecule has 0 aliphatic heterocycles. The number of rotatable bonds is 0. The van der Waals surface area contributed by atoms with Crippen LogP contribution in [0.3, 0.4) is 0 Å². The van der Waals surface area contributed by atoms with Gasteiger partial charge in [0.05, 0.1) is 0 Å². The Bertz CT molecular complexity index is 1380. The van der Waals surface area contributed by atoms with Crippen molar-refractivity contribution in [1.82, 2.24) is 0 Å². The molecule has 2 aliphatic rings. The molecule has 5 rings (SSSR count). The minimum atomic E-state index is -0.0814. The van der Waals surface area contributed by atoms with E-state index in [0.717, 1.165) is 13.4 Å². The van der Waals surface area contributed by atoms with Crippen molar-refractivity contribution < 1.29 is 0 Å². The highest BCUT2D eigenvalue weighted by Crippen LogP contribution is 2.39. The molecule has 0 amide bonds. The molecule has 0 unspecified atom stereocenters. The monoisotopic (exact) mass is 606 g/mol. The molecule has 0 heterocycles. The van der Waals surface area contributed by atoms with E-state index in [-0.39, 0.29) is 5.41 Å². The predicted molar refractivity (Wildman–Crippen MR) is 126 cm³/mol. The molecule has 0 fully saturated rings. The second-order valence-corrected chi connectivity index (χ2v) is 11.0. The third kappa shape index (κ3) is 2.56.